The van der Waals surface area contributed by atoms with Crippen LogP contribution in [0, 0.1) is 5.41 Å². The van der Waals surface area contributed by atoms with Gasteiger partial charge in [-0.2, -0.15) is 0 Å². The van der Waals surface area contributed by atoms with Crippen LogP contribution >= 0.6 is 0 Å². The van der Waals surface area contributed by atoms with Gasteiger partial charge in [-0.1, -0.05) is 6.92 Å². The van der Waals surface area contributed by atoms with E-state index in [9.17, 15) is 9.59 Å². The van der Waals surface area contributed by atoms with Crippen molar-refractivity contribution in [1.82, 2.24) is 4.90 Å². The van der Waals surface area contributed by atoms with Crippen molar-refractivity contribution in [2.45, 2.75) is 33.6 Å². The summed E-state index contributed by atoms with van der Waals surface area (Å²) in [7, 11) is 1.52. The summed E-state index contributed by atoms with van der Waals surface area (Å²) in [5, 5.41) is 3.79. The number of ether oxygens (including phenoxy) is 1. The highest BCUT2D eigenvalue weighted by Gasteiger charge is 2.26. The van der Waals surface area contributed by atoms with Crippen molar-refractivity contribution >= 4 is 12.1 Å². The van der Waals surface area contributed by atoms with Crippen LogP contribution in [-0.4, -0.2) is 42.3 Å². The van der Waals surface area contributed by atoms with Crippen molar-refractivity contribution in [3.05, 3.63) is 0 Å². The Kier molecular flexibility index (Phi) is 5.08. The van der Waals surface area contributed by atoms with Crippen molar-refractivity contribution in [2.75, 3.05) is 20.2 Å². The number of carboxylic acid groups (broad SMARTS) is 1. The molecule has 0 saturated heterocycles. The van der Waals surface area contributed by atoms with Crippen molar-refractivity contribution in [2.24, 2.45) is 5.41 Å². The molecule has 0 heterocycles. The van der Waals surface area contributed by atoms with Crippen LogP contribution in [0.1, 0.15) is 33.6 Å². The summed E-state index contributed by atoms with van der Waals surface area (Å²) in [5.74, 6) is -0.231. The Morgan fingerprint density at radius 2 is 2.12 bits per heavy atom. The molecule has 0 bridgehead atoms. The van der Waals surface area contributed by atoms with Gasteiger partial charge in [-0.25, -0.2) is 4.79 Å². The van der Waals surface area contributed by atoms with Crippen LogP contribution in [0.5, 0.6) is 0 Å². The van der Waals surface area contributed by atoms with Crippen molar-refractivity contribution in [3.63, 3.8) is 0 Å². The zero-order valence-electron chi connectivity index (χ0n) is 11.4. The van der Waals surface area contributed by atoms with E-state index in [0.29, 0.717) is 13.0 Å². The number of hydrogen-bond acceptors (Lipinski definition) is 4. The summed E-state index contributed by atoms with van der Waals surface area (Å²) in [5.41, 5.74) is -0.466. The summed E-state index contributed by atoms with van der Waals surface area (Å²) in [6.45, 7) is 6.24. The number of carbonyl (C=O) groups is 2. The molecule has 0 aromatic carbocycles. The topological polar surface area (TPSA) is 66.8 Å². The quantitative estimate of drug-likeness (QED) is 0.562. The van der Waals surface area contributed by atoms with Crippen molar-refractivity contribution < 1.29 is 19.4 Å². The van der Waals surface area contributed by atoms with E-state index in [0.717, 1.165) is 6.42 Å². The summed E-state index contributed by atoms with van der Waals surface area (Å²) in [6, 6.07) is 0. The van der Waals surface area contributed by atoms with Crippen LogP contribution in [0.3, 0.4) is 0 Å². The molecule has 0 aliphatic rings. The molecule has 0 saturated carbocycles. The van der Waals surface area contributed by atoms with E-state index in [1.54, 1.807) is 0 Å². The Morgan fingerprint density at radius 3 is 2.62 bits per heavy atom. The van der Waals surface area contributed by atoms with Gasteiger partial charge >= 0.3 is 12.1 Å². The molecule has 0 aliphatic heterocycles. The third-order valence-electron chi connectivity index (χ3n) is 2.62. The van der Waals surface area contributed by atoms with Crippen LogP contribution in [0.2, 0.25) is 0 Å². The average Bonchev–Trinajstić information content (AvgIpc) is 2.32. The van der Waals surface area contributed by atoms with E-state index in [2.05, 4.69) is 5.11 Å². The van der Waals surface area contributed by atoms with Crippen LogP contribution in [0.4, 0.5) is 4.79 Å². The molecule has 0 unspecified atom stereocenters. The molecule has 0 aromatic rings. The molecule has 5 heteroatoms. The molecule has 5 nitrogen and oxygen atoms in total. The summed E-state index contributed by atoms with van der Waals surface area (Å²) >= 11 is 0. The first-order valence-electron chi connectivity index (χ1n) is 5.81. The number of hydrogen-bond donors (Lipinski definition) is 1. The van der Waals surface area contributed by atoms with E-state index in [1.165, 1.54) is 11.9 Å². The molecule has 0 atom stereocenters. The first kappa shape index (κ1) is 12.8. The Morgan fingerprint density at radius 1 is 1.50 bits per heavy atom. The highest BCUT2D eigenvalue weighted by atomic mass is 16.5. The lowest BCUT2D eigenvalue weighted by Crippen LogP contribution is -2.29. The SMILES string of the molecule is [3H]OC(=O)N(C)CCCOC(=O)C(C)(C)CC. The fraction of sp³-hybridized carbons (Fsp3) is 0.818. The molecule has 0 rings (SSSR count). The predicted molar refractivity (Wildman–Crippen MR) is 60.3 cm³/mol. The highest BCUT2D eigenvalue weighted by molar-refractivity contribution is 5.75. The summed E-state index contributed by atoms with van der Waals surface area (Å²) < 4.78 is 11.5. The van der Waals surface area contributed by atoms with Crippen molar-refractivity contribution in [3.8, 4) is 0 Å². The van der Waals surface area contributed by atoms with E-state index in [-0.39, 0.29) is 12.6 Å². The average molecular weight is 233 g/mol. The number of nitrogens with zero attached hydrogens (tertiary/aromatic N) is 1. The second kappa shape index (κ2) is 6.35. The Labute approximate surface area is 97.9 Å². The second-order valence-corrected chi connectivity index (χ2v) is 4.41. The fourth-order valence-electron chi connectivity index (χ4n) is 0.898. The van der Waals surface area contributed by atoms with Crippen LogP contribution in [0.25, 0.3) is 1.43 Å². The Hall–Kier alpha value is -1.26. The van der Waals surface area contributed by atoms with Crippen LogP contribution in [0.15, 0.2) is 0 Å². The van der Waals surface area contributed by atoms with Gasteiger partial charge in [0.1, 0.15) is 0 Å². The largest absolute Gasteiger partial charge is 0.465 e. The first-order chi connectivity index (χ1) is 7.85. The van der Waals surface area contributed by atoms with Gasteiger partial charge in [0.25, 0.3) is 1.43 Å². The minimum atomic E-state index is -0.717. The number of rotatable bonds is 6. The van der Waals surface area contributed by atoms with E-state index < -0.39 is 11.5 Å². The van der Waals surface area contributed by atoms with Gasteiger partial charge in [0.05, 0.1) is 12.0 Å². The maximum Gasteiger partial charge on any atom is 0.407 e. The first-order valence-corrected chi connectivity index (χ1v) is 5.40. The minimum Gasteiger partial charge on any atom is -0.465 e. The number of carbonyl (C=O) groups excluding carboxylic acids is 1. The van der Waals surface area contributed by atoms with Crippen LogP contribution in [-0.2, 0) is 9.53 Å². The molecule has 1 amide bonds. The van der Waals surface area contributed by atoms with E-state index in [1.807, 2.05) is 20.8 Å². The summed E-state index contributed by atoms with van der Waals surface area (Å²) in [6.07, 6.45) is 0.527. The third-order valence-corrected chi connectivity index (χ3v) is 2.62. The van der Waals surface area contributed by atoms with Gasteiger partial charge < -0.3 is 14.7 Å². The van der Waals surface area contributed by atoms with Crippen molar-refractivity contribution in [1.29, 1.82) is 1.43 Å². The molecule has 94 valence electrons. The van der Waals surface area contributed by atoms with E-state index >= 15 is 0 Å². The summed E-state index contributed by atoms with van der Waals surface area (Å²) in [4.78, 5) is 23.7. The number of esters is 1. The minimum absolute atomic E-state index is 0.231. The fourth-order valence-corrected chi connectivity index (χ4v) is 0.898. The second-order valence-electron chi connectivity index (χ2n) is 4.41. The Balaban J connectivity index is 3.79. The zero-order valence-corrected chi connectivity index (χ0v) is 10.4. The van der Waals surface area contributed by atoms with Gasteiger partial charge in [-0.15, -0.1) is 0 Å². The molecule has 0 aliphatic carbocycles. The monoisotopic (exact) mass is 233 g/mol. The highest BCUT2D eigenvalue weighted by Crippen LogP contribution is 2.21. The molecule has 16 heavy (non-hydrogen) atoms. The standard InChI is InChI=1S/C11H21NO4/c1-5-11(2,3)9(13)16-8-6-7-12(4)10(14)15/h5-8H2,1-4H3,(H,14,15)/i/hT. The zero-order chi connectivity index (χ0) is 13.5. The van der Waals surface area contributed by atoms with Gasteiger partial charge in [-0.3, -0.25) is 4.79 Å². The molecule has 0 aromatic heterocycles. The molecule has 0 spiro atoms. The third kappa shape index (κ3) is 5.00. The lowest BCUT2D eigenvalue weighted by atomic mass is 9.91. The van der Waals surface area contributed by atoms with Gasteiger partial charge in [0.2, 0.25) is 0 Å². The maximum atomic E-state index is 11.6. The molecule has 0 radical (unpaired) electrons. The van der Waals surface area contributed by atoms with Gasteiger partial charge in [0.15, 0.2) is 0 Å². The van der Waals surface area contributed by atoms with Gasteiger partial charge in [-0.05, 0) is 26.7 Å². The van der Waals surface area contributed by atoms with E-state index in [4.69, 9.17) is 6.17 Å². The normalized spacial score (nSPS) is 11.6. The van der Waals surface area contributed by atoms with Gasteiger partial charge in [0, 0.05) is 13.6 Å². The molecular weight excluding hydrogens is 210 g/mol. The Bertz CT molecular complexity index is 268. The lowest BCUT2D eigenvalue weighted by molar-refractivity contribution is -0.154. The number of amides is 1. The molecular formula is C11H21NO4. The lowest BCUT2D eigenvalue weighted by Gasteiger charge is -2.20. The smallest absolute Gasteiger partial charge is 0.407 e. The maximum absolute atomic E-state index is 11.6. The van der Waals surface area contributed by atoms with Crippen LogP contribution < -0.4 is 0 Å². The predicted octanol–water partition coefficient (Wildman–Crippen LogP) is 1.97. The molecule has 0 fully saturated rings. The molecule has 1 N–H and O–H groups in total.